The van der Waals surface area contributed by atoms with Crippen molar-refractivity contribution in [2.75, 3.05) is 58.8 Å². The summed E-state index contributed by atoms with van der Waals surface area (Å²) in [5.74, 6) is 2.70. The van der Waals surface area contributed by atoms with Gasteiger partial charge in [-0.1, -0.05) is 30.3 Å². The summed E-state index contributed by atoms with van der Waals surface area (Å²) in [5.41, 5.74) is 1.17. The van der Waals surface area contributed by atoms with Crippen molar-refractivity contribution in [2.45, 2.75) is 11.4 Å². The fourth-order valence-electron chi connectivity index (χ4n) is 3.12. The molecule has 1 aliphatic heterocycles. The molecule has 0 spiro atoms. The fraction of sp³-hybridized carbons (Fsp3) is 0.435. The molecule has 0 atom stereocenters. The summed E-state index contributed by atoms with van der Waals surface area (Å²) in [7, 11) is 1.80. The topological polar surface area (TPSA) is 58.1 Å². The van der Waals surface area contributed by atoms with Crippen LogP contribution in [-0.4, -0.2) is 69.7 Å². The largest absolute Gasteiger partial charge is 0.492 e. The second-order valence-corrected chi connectivity index (χ2v) is 8.13. The Labute approximate surface area is 207 Å². The van der Waals surface area contributed by atoms with Gasteiger partial charge in [0.05, 0.1) is 13.2 Å². The third kappa shape index (κ3) is 10.1. The van der Waals surface area contributed by atoms with Crippen molar-refractivity contribution in [3.05, 3.63) is 60.2 Å². The van der Waals surface area contributed by atoms with Gasteiger partial charge in [-0.05, 0) is 29.8 Å². The van der Waals surface area contributed by atoms with Crippen molar-refractivity contribution in [1.82, 2.24) is 15.5 Å². The van der Waals surface area contributed by atoms with Crippen molar-refractivity contribution >= 4 is 41.7 Å². The minimum absolute atomic E-state index is 0. The first-order valence-electron chi connectivity index (χ1n) is 10.5. The van der Waals surface area contributed by atoms with Crippen LogP contribution in [0, 0.1) is 0 Å². The maximum atomic E-state index is 5.95. The number of morpholine rings is 1. The van der Waals surface area contributed by atoms with Crippen molar-refractivity contribution in [3.8, 4) is 5.75 Å². The van der Waals surface area contributed by atoms with Crippen molar-refractivity contribution < 1.29 is 9.47 Å². The van der Waals surface area contributed by atoms with E-state index in [1.54, 1.807) is 7.05 Å². The third-order valence-corrected chi connectivity index (χ3v) is 5.78. The van der Waals surface area contributed by atoms with Gasteiger partial charge < -0.3 is 20.1 Å². The minimum Gasteiger partial charge on any atom is -0.492 e. The summed E-state index contributed by atoms with van der Waals surface area (Å²) >= 11 is 1.83. The molecule has 31 heavy (non-hydrogen) atoms. The number of hydrogen-bond acceptors (Lipinski definition) is 5. The summed E-state index contributed by atoms with van der Waals surface area (Å²) in [4.78, 5) is 7.97. The summed E-state index contributed by atoms with van der Waals surface area (Å²) in [5, 5.41) is 6.74. The number of nitrogens with one attached hydrogen (secondary N) is 2. The molecule has 0 saturated carbocycles. The number of hydrogen-bond donors (Lipinski definition) is 2. The van der Waals surface area contributed by atoms with E-state index < -0.39 is 0 Å². The minimum atomic E-state index is 0. The Morgan fingerprint density at radius 3 is 2.68 bits per heavy atom. The Kier molecular flexibility index (Phi) is 12.7. The van der Waals surface area contributed by atoms with Gasteiger partial charge in [0.2, 0.25) is 0 Å². The molecule has 0 aliphatic carbocycles. The highest BCUT2D eigenvalue weighted by molar-refractivity contribution is 14.0. The van der Waals surface area contributed by atoms with Crippen LogP contribution in [0.4, 0.5) is 0 Å². The Morgan fingerprint density at radius 2 is 1.90 bits per heavy atom. The lowest BCUT2D eigenvalue weighted by atomic mass is 10.2. The molecule has 3 rings (SSSR count). The quantitative estimate of drug-likeness (QED) is 0.154. The molecule has 1 fully saturated rings. The number of halogens is 1. The predicted molar refractivity (Wildman–Crippen MR) is 140 cm³/mol. The molecule has 0 aromatic heterocycles. The molecular weight excluding hydrogens is 523 g/mol. The fourth-order valence-corrected chi connectivity index (χ4v) is 3.91. The van der Waals surface area contributed by atoms with Crippen LogP contribution in [0.2, 0.25) is 0 Å². The standard InChI is InChI=1S/C23H32N4O2S.HI/c1-24-23(25-10-17-30-22-8-3-2-4-9-22)26-19-20-6-5-7-21(18-20)29-16-13-27-11-14-28-15-12-27;/h2-9,18H,10-17,19H2,1H3,(H2,24,25,26);1H. The first kappa shape index (κ1) is 25.8. The summed E-state index contributed by atoms with van der Waals surface area (Å²) in [6.07, 6.45) is 0. The van der Waals surface area contributed by atoms with Crippen LogP contribution < -0.4 is 15.4 Å². The van der Waals surface area contributed by atoms with E-state index in [9.17, 15) is 0 Å². The highest BCUT2D eigenvalue weighted by Crippen LogP contribution is 2.16. The number of rotatable bonds is 10. The molecular formula is C23H33IN4O2S. The van der Waals surface area contributed by atoms with Crippen LogP contribution in [0.5, 0.6) is 5.75 Å². The Balaban J connectivity index is 0.00000341. The first-order valence-corrected chi connectivity index (χ1v) is 11.5. The SMILES string of the molecule is CN=C(NCCSc1ccccc1)NCc1cccc(OCCN2CCOCC2)c1.I. The number of aliphatic imine (C=N–C) groups is 1. The molecule has 0 unspecified atom stereocenters. The highest BCUT2D eigenvalue weighted by atomic mass is 127. The zero-order chi connectivity index (χ0) is 20.9. The Bertz CT molecular complexity index is 773. The highest BCUT2D eigenvalue weighted by Gasteiger charge is 2.09. The van der Waals surface area contributed by atoms with Gasteiger partial charge in [0.25, 0.3) is 0 Å². The Morgan fingerprint density at radius 1 is 1.10 bits per heavy atom. The molecule has 2 N–H and O–H groups in total. The first-order chi connectivity index (χ1) is 14.8. The molecule has 0 radical (unpaired) electrons. The van der Waals surface area contributed by atoms with Crippen LogP contribution >= 0.6 is 35.7 Å². The van der Waals surface area contributed by atoms with Gasteiger partial charge in [0.15, 0.2) is 5.96 Å². The molecule has 2 aromatic rings. The smallest absolute Gasteiger partial charge is 0.191 e. The maximum Gasteiger partial charge on any atom is 0.191 e. The lowest BCUT2D eigenvalue weighted by Gasteiger charge is -2.26. The number of benzene rings is 2. The van der Waals surface area contributed by atoms with Crippen molar-refractivity contribution in [1.29, 1.82) is 0 Å². The van der Waals surface area contributed by atoms with E-state index >= 15 is 0 Å². The number of thioether (sulfide) groups is 1. The van der Waals surface area contributed by atoms with Crippen molar-refractivity contribution in [2.24, 2.45) is 4.99 Å². The van der Waals surface area contributed by atoms with Gasteiger partial charge in [0.1, 0.15) is 12.4 Å². The van der Waals surface area contributed by atoms with Gasteiger partial charge >= 0.3 is 0 Å². The molecule has 6 nitrogen and oxygen atoms in total. The molecule has 1 saturated heterocycles. The summed E-state index contributed by atoms with van der Waals surface area (Å²) < 4.78 is 11.3. The monoisotopic (exact) mass is 556 g/mol. The maximum absolute atomic E-state index is 5.95. The second-order valence-electron chi connectivity index (χ2n) is 6.96. The van der Waals surface area contributed by atoms with Gasteiger partial charge in [-0.3, -0.25) is 9.89 Å². The molecule has 8 heteroatoms. The average molecular weight is 557 g/mol. The number of nitrogens with zero attached hydrogens (tertiary/aromatic N) is 2. The van der Waals surface area contributed by atoms with E-state index in [-0.39, 0.29) is 24.0 Å². The van der Waals surface area contributed by atoms with E-state index in [2.05, 4.69) is 56.9 Å². The normalized spacial score (nSPS) is 14.5. The average Bonchev–Trinajstić information content (AvgIpc) is 2.80. The van der Waals surface area contributed by atoms with Gasteiger partial charge in [-0.15, -0.1) is 35.7 Å². The van der Waals surface area contributed by atoms with Gasteiger partial charge in [-0.2, -0.15) is 0 Å². The van der Waals surface area contributed by atoms with Gasteiger partial charge in [0, 0.05) is 50.4 Å². The zero-order valence-electron chi connectivity index (χ0n) is 18.1. The second kappa shape index (κ2) is 15.3. The molecule has 170 valence electrons. The lowest BCUT2D eigenvalue weighted by molar-refractivity contribution is 0.0322. The van der Waals surface area contributed by atoms with Crippen LogP contribution in [0.3, 0.4) is 0 Å². The number of ether oxygens (including phenoxy) is 2. The Hall–Kier alpha value is -1.49. The molecule has 1 aliphatic rings. The van der Waals surface area contributed by atoms with Crippen LogP contribution in [0.15, 0.2) is 64.5 Å². The number of guanidine groups is 1. The predicted octanol–water partition coefficient (Wildman–Crippen LogP) is 3.47. The van der Waals surface area contributed by atoms with E-state index in [4.69, 9.17) is 9.47 Å². The molecule has 0 amide bonds. The lowest BCUT2D eigenvalue weighted by Crippen LogP contribution is -2.38. The van der Waals surface area contributed by atoms with E-state index in [0.717, 1.165) is 56.9 Å². The van der Waals surface area contributed by atoms with E-state index in [1.807, 2.05) is 30.0 Å². The third-order valence-electron chi connectivity index (χ3n) is 4.77. The van der Waals surface area contributed by atoms with Gasteiger partial charge in [-0.25, -0.2) is 0 Å². The van der Waals surface area contributed by atoms with Crippen molar-refractivity contribution in [3.63, 3.8) is 0 Å². The van der Waals surface area contributed by atoms with Crippen LogP contribution in [-0.2, 0) is 11.3 Å². The summed E-state index contributed by atoms with van der Waals surface area (Å²) in [6, 6.07) is 18.7. The van der Waals surface area contributed by atoms with E-state index in [0.29, 0.717) is 13.2 Å². The molecule has 0 bridgehead atoms. The van der Waals surface area contributed by atoms with Crippen LogP contribution in [0.25, 0.3) is 0 Å². The molecule has 1 heterocycles. The summed E-state index contributed by atoms with van der Waals surface area (Å²) in [6.45, 7) is 6.80. The van der Waals surface area contributed by atoms with E-state index in [1.165, 1.54) is 10.5 Å². The van der Waals surface area contributed by atoms with Crippen LogP contribution in [0.1, 0.15) is 5.56 Å². The zero-order valence-corrected chi connectivity index (χ0v) is 21.2. The molecule has 2 aromatic carbocycles.